The van der Waals surface area contributed by atoms with Crippen molar-refractivity contribution in [2.45, 2.75) is 57.8 Å². The predicted octanol–water partition coefficient (Wildman–Crippen LogP) is 5.70. The van der Waals surface area contributed by atoms with Crippen molar-refractivity contribution in [3.05, 3.63) is 75.8 Å². The van der Waals surface area contributed by atoms with Crippen LogP contribution in [0.3, 0.4) is 0 Å². The first-order chi connectivity index (χ1) is 16.8. The van der Waals surface area contributed by atoms with Crippen LogP contribution < -0.4 is 10.2 Å². The highest BCUT2D eigenvalue weighted by atomic mass is 35.5. The average molecular weight is 496 g/mol. The number of benzene rings is 2. The van der Waals surface area contributed by atoms with Crippen LogP contribution in [0.1, 0.15) is 78.4 Å². The highest BCUT2D eigenvalue weighted by molar-refractivity contribution is 6.32. The van der Waals surface area contributed by atoms with E-state index in [1.54, 1.807) is 41.6 Å². The van der Waals surface area contributed by atoms with Crippen LogP contribution in [0.25, 0.3) is 0 Å². The van der Waals surface area contributed by atoms with Gasteiger partial charge in [-0.15, -0.1) is 10.2 Å². The quantitative estimate of drug-likeness (QED) is 0.435. The summed E-state index contributed by atoms with van der Waals surface area (Å²) in [7, 11) is 1.73. The number of nitrogens with zero attached hydrogens (tertiary/aromatic N) is 4. The molecule has 1 aliphatic heterocycles. The number of fused-ring (bicyclic) bond motifs is 1. The van der Waals surface area contributed by atoms with Crippen molar-refractivity contribution in [1.29, 1.82) is 0 Å². The number of nitrogens with one attached hydrogen (secondary N) is 1. The van der Waals surface area contributed by atoms with E-state index in [-0.39, 0.29) is 24.2 Å². The van der Waals surface area contributed by atoms with Gasteiger partial charge in [0, 0.05) is 34.9 Å². The molecule has 2 atom stereocenters. The molecule has 0 bridgehead atoms. The van der Waals surface area contributed by atoms with Gasteiger partial charge in [-0.2, -0.15) is 0 Å². The van der Waals surface area contributed by atoms with Gasteiger partial charge >= 0.3 is 0 Å². The summed E-state index contributed by atoms with van der Waals surface area (Å²) in [5.74, 6) is 0.870. The Labute approximate surface area is 210 Å². The fourth-order valence-electron chi connectivity index (χ4n) is 5.05. The molecule has 2 heterocycles. The van der Waals surface area contributed by atoms with Gasteiger partial charge in [0.05, 0.1) is 6.54 Å². The van der Waals surface area contributed by atoms with Crippen molar-refractivity contribution in [1.82, 2.24) is 20.1 Å². The third-order valence-electron chi connectivity index (χ3n) is 7.62. The Balaban J connectivity index is 1.41. The van der Waals surface area contributed by atoms with Crippen LogP contribution in [0.15, 0.2) is 42.7 Å². The summed E-state index contributed by atoms with van der Waals surface area (Å²) < 4.78 is 17.8. The number of rotatable bonds is 8. The number of aromatic nitrogens is 3. The maximum atomic E-state index is 16.2. The molecule has 3 aromatic rings. The minimum atomic E-state index is -1.82. The zero-order chi connectivity index (χ0) is 24.7. The lowest BCUT2D eigenvalue weighted by atomic mass is 9.85. The van der Waals surface area contributed by atoms with Crippen LogP contribution >= 0.6 is 11.6 Å². The molecule has 2 aliphatic rings. The molecule has 6 nitrogen and oxygen atoms in total. The standard InChI is InChI=1S/C27H31ClFN5O/c1-4-27(29,26-32-31-16-33(26)3)20-9-6-10-21(13-20)34-15-23-22(25(34)35)11-19(12-24(23)28)17(2)30-14-18-7-5-8-18/h6,9-13,16-18,30H,4-5,7-8,14-15H2,1-3H3/t17-,27+/m0/s1. The van der Waals surface area contributed by atoms with Crippen LogP contribution in [-0.2, 0) is 19.3 Å². The molecular formula is C27H31ClFN5O. The van der Waals surface area contributed by atoms with E-state index in [9.17, 15) is 4.79 Å². The molecule has 0 spiro atoms. The van der Waals surface area contributed by atoms with E-state index in [2.05, 4.69) is 22.4 Å². The molecule has 0 saturated heterocycles. The van der Waals surface area contributed by atoms with Crippen molar-refractivity contribution in [3.63, 3.8) is 0 Å². The van der Waals surface area contributed by atoms with Gasteiger partial charge in [-0.3, -0.25) is 4.79 Å². The molecule has 1 fully saturated rings. The number of anilines is 1. The van der Waals surface area contributed by atoms with Crippen LogP contribution in [0, 0.1) is 5.92 Å². The maximum absolute atomic E-state index is 16.2. The molecule has 35 heavy (non-hydrogen) atoms. The second-order valence-corrected chi connectivity index (χ2v) is 10.2. The van der Waals surface area contributed by atoms with E-state index >= 15 is 4.39 Å². The van der Waals surface area contributed by atoms with Gasteiger partial charge in [-0.25, -0.2) is 4.39 Å². The Morgan fingerprint density at radius 2 is 2.09 bits per heavy atom. The molecule has 5 rings (SSSR count). The smallest absolute Gasteiger partial charge is 0.258 e. The van der Waals surface area contributed by atoms with Gasteiger partial charge in [0.1, 0.15) is 6.33 Å². The highest BCUT2D eigenvalue weighted by Gasteiger charge is 2.38. The number of aryl methyl sites for hydroxylation is 1. The molecule has 1 aliphatic carbocycles. The van der Waals surface area contributed by atoms with E-state index < -0.39 is 5.67 Å². The molecule has 0 radical (unpaired) electrons. The second kappa shape index (κ2) is 9.36. The van der Waals surface area contributed by atoms with Crippen molar-refractivity contribution >= 4 is 23.2 Å². The van der Waals surface area contributed by atoms with Gasteiger partial charge < -0.3 is 14.8 Å². The van der Waals surface area contributed by atoms with E-state index in [4.69, 9.17) is 11.6 Å². The molecular weight excluding hydrogens is 465 g/mol. The maximum Gasteiger partial charge on any atom is 0.258 e. The normalized spacial score (nSPS) is 18.3. The van der Waals surface area contributed by atoms with Crippen molar-refractivity contribution in [2.24, 2.45) is 13.0 Å². The minimum Gasteiger partial charge on any atom is -0.318 e. The lowest BCUT2D eigenvalue weighted by Crippen LogP contribution is -2.29. The Kier molecular flexibility index (Phi) is 6.40. The zero-order valence-corrected chi connectivity index (χ0v) is 21.1. The summed E-state index contributed by atoms with van der Waals surface area (Å²) in [6, 6.07) is 11.1. The Morgan fingerprint density at radius 1 is 1.29 bits per heavy atom. The summed E-state index contributed by atoms with van der Waals surface area (Å²) in [6.07, 6.45) is 5.57. The van der Waals surface area contributed by atoms with Gasteiger partial charge in [0.2, 0.25) is 0 Å². The zero-order valence-electron chi connectivity index (χ0n) is 20.4. The van der Waals surface area contributed by atoms with Gasteiger partial charge in [-0.1, -0.05) is 37.1 Å². The number of hydrogen-bond acceptors (Lipinski definition) is 4. The molecule has 1 N–H and O–H groups in total. The van der Waals surface area contributed by atoms with Gasteiger partial charge in [0.25, 0.3) is 5.91 Å². The Bertz CT molecular complexity index is 1260. The highest BCUT2D eigenvalue weighted by Crippen LogP contribution is 2.40. The number of amides is 1. The van der Waals surface area contributed by atoms with Crippen molar-refractivity contribution in [3.8, 4) is 0 Å². The summed E-state index contributed by atoms with van der Waals surface area (Å²) in [5, 5.41) is 12.0. The van der Waals surface area contributed by atoms with E-state index in [1.807, 2.05) is 18.2 Å². The SMILES string of the molecule is CC[C@@](F)(c1cccc(N2Cc3c(Cl)cc([C@H](C)NCC4CCC4)cc3C2=O)c1)c1nncn1C. The van der Waals surface area contributed by atoms with Crippen LogP contribution in [-0.4, -0.2) is 27.2 Å². The Hall–Kier alpha value is -2.77. The predicted molar refractivity (Wildman–Crippen MR) is 135 cm³/mol. The molecule has 1 aromatic heterocycles. The number of alkyl halides is 1. The first-order valence-corrected chi connectivity index (χ1v) is 12.7. The fraction of sp³-hybridized carbons (Fsp3) is 0.444. The summed E-state index contributed by atoms with van der Waals surface area (Å²) in [5.41, 5.74) is 1.70. The summed E-state index contributed by atoms with van der Waals surface area (Å²) in [4.78, 5) is 15.2. The average Bonchev–Trinajstić information content (AvgIpc) is 3.41. The lowest BCUT2D eigenvalue weighted by molar-refractivity contribution is 0.0996. The van der Waals surface area contributed by atoms with E-state index in [0.717, 1.165) is 23.6 Å². The largest absolute Gasteiger partial charge is 0.318 e. The first-order valence-electron chi connectivity index (χ1n) is 12.3. The van der Waals surface area contributed by atoms with Crippen LogP contribution in [0.4, 0.5) is 10.1 Å². The fourth-order valence-corrected chi connectivity index (χ4v) is 5.34. The topological polar surface area (TPSA) is 63.1 Å². The van der Waals surface area contributed by atoms with Crippen molar-refractivity contribution in [2.75, 3.05) is 11.4 Å². The monoisotopic (exact) mass is 495 g/mol. The Morgan fingerprint density at radius 3 is 2.74 bits per heavy atom. The summed E-state index contributed by atoms with van der Waals surface area (Å²) >= 11 is 6.66. The minimum absolute atomic E-state index is 0.103. The molecule has 2 aromatic carbocycles. The summed E-state index contributed by atoms with van der Waals surface area (Å²) in [6.45, 7) is 5.22. The molecule has 1 saturated carbocycles. The molecule has 0 unspecified atom stereocenters. The number of carbonyl (C=O) groups excluding carboxylic acids is 1. The molecule has 1 amide bonds. The number of carbonyl (C=O) groups is 1. The van der Waals surface area contributed by atoms with Gasteiger partial charge in [0.15, 0.2) is 11.5 Å². The first kappa shape index (κ1) is 23.9. The van der Waals surface area contributed by atoms with Crippen LogP contribution in [0.5, 0.6) is 0 Å². The number of hydrogen-bond donors (Lipinski definition) is 1. The van der Waals surface area contributed by atoms with Gasteiger partial charge in [-0.05, 0) is 74.0 Å². The molecule has 184 valence electrons. The lowest BCUT2D eigenvalue weighted by Gasteiger charge is -2.27. The van der Waals surface area contributed by atoms with Crippen molar-refractivity contribution < 1.29 is 9.18 Å². The van der Waals surface area contributed by atoms with E-state index in [1.165, 1.54) is 25.6 Å². The number of halogens is 2. The molecule has 8 heteroatoms. The second-order valence-electron chi connectivity index (χ2n) is 9.82. The van der Waals surface area contributed by atoms with E-state index in [0.29, 0.717) is 28.4 Å². The third-order valence-corrected chi connectivity index (χ3v) is 7.95. The third kappa shape index (κ3) is 4.25. The van der Waals surface area contributed by atoms with Crippen LogP contribution in [0.2, 0.25) is 5.02 Å².